The lowest BCUT2D eigenvalue weighted by molar-refractivity contribution is -0.187. The molecule has 5 aromatic carbocycles. The molecule has 0 radical (unpaired) electrons. The summed E-state index contributed by atoms with van der Waals surface area (Å²) in [6.45, 7) is 2.13. The quantitative estimate of drug-likeness (QED) is 0.0977. The van der Waals surface area contributed by atoms with Gasteiger partial charge in [-0.15, -0.1) is 0 Å². The number of halogens is 11. The lowest BCUT2D eigenvalue weighted by Crippen LogP contribution is -2.23. The first-order valence-corrected chi connectivity index (χ1v) is 16.8. The molecule has 0 amide bonds. The lowest BCUT2D eigenvalue weighted by Gasteiger charge is -2.40. The fourth-order valence-electron chi connectivity index (χ4n) is 5.27. The van der Waals surface area contributed by atoms with Crippen LogP contribution in [0.3, 0.4) is 0 Å². The van der Waals surface area contributed by atoms with Gasteiger partial charge in [0.25, 0.3) is 0 Å². The summed E-state index contributed by atoms with van der Waals surface area (Å²) in [5.41, 5.74) is 0.911. The van der Waals surface area contributed by atoms with E-state index in [1.807, 2.05) is 24.3 Å². The van der Waals surface area contributed by atoms with Gasteiger partial charge in [-0.25, -0.2) is 17.6 Å². The van der Waals surface area contributed by atoms with Crippen LogP contribution in [0.4, 0.5) is 45.8 Å². The Labute approximate surface area is 274 Å². The number of unbranched alkanes of at least 4 members (excludes halogenated alkanes) is 2. The Bertz CT molecular complexity index is 2010. The van der Waals surface area contributed by atoms with Crippen LogP contribution in [0.25, 0.3) is 33.4 Å². The molecular formula is C36H27F11OS. The standard InChI is InChI=1S/C36H27F11OS/c1-2-3-4-5-22-6-8-23(9-7-22)24-10-14-28(31(37)18-24)25-11-15-29(32(38)19-25)26-12-16-30(33(39)20-26)36(41,42)48-27-13-17-35(34(40)21-27)49(43,44,45,46)47/h6-21H,2-5H2,1H3. The Morgan fingerprint density at radius 3 is 1.61 bits per heavy atom. The summed E-state index contributed by atoms with van der Waals surface area (Å²) < 4.78 is 157. The van der Waals surface area contributed by atoms with Crippen LogP contribution in [0, 0.1) is 23.3 Å². The zero-order valence-electron chi connectivity index (χ0n) is 25.5. The van der Waals surface area contributed by atoms with E-state index in [9.17, 15) is 37.0 Å². The maximum absolute atomic E-state index is 15.2. The van der Waals surface area contributed by atoms with Crippen molar-refractivity contribution in [2.24, 2.45) is 0 Å². The van der Waals surface area contributed by atoms with Crippen molar-refractivity contribution in [2.75, 3.05) is 0 Å². The first-order valence-electron chi connectivity index (χ1n) is 14.9. The van der Waals surface area contributed by atoms with E-state index in [2.05, 4.69) is 11.7 Å². The average molecular weight is 717 g/mol. The van der Waals surface area contributed by atoms with Gasteiger partial charge in [-0.3, -0.25) is 0 Å². The molecule has 49 heavy (non-hydrogen) atoms. The SMILES string of the molecule is CCCCCc1ccc(-c2ccc(-c3ccc(-c4ccc(C(F)(F)Oc5ccc(S(F)(F)(F)(F)F)c(F)c5)c(F)c4)c(F)c3)c(F)c2)cc1. The third-order valence-corrected chi connectivity index (χ3v) is 8.93. The molecule has 0 saturated heterocycles. The highest BCUT2D eigenvalue weighted by atomic mass is 32.5. The van der Waals surface area contributed by atoms with E-state index < -0.39 is 61.9 Å². The minimum absolute atomic E-state index is 0.0380. The first-order chi connectivity index (χ1) is 22.8. The van der Waals surface area contributed by atoms with E-state index in [0.717, 1.165) is 43.4 Å². The van der Waals surface area contributed by atoms with Crippen molar-refractivity contribution < 1.29 is 50.5 Å². The number of hydrogen-bond donors (Lipinski definition) is 0. The second-order valence-corrected chi connectivity index (χ2v) is 13.8. The van der Waals surface area contributed by atoms with Gasteiger partial charge in [0.05, 0.1) is 5.56 Å². The van der Waals surface area contributed by atoms with Gasteiger partial charge in [0, 0.05) is 17.2 Å². The number of ether oxygens (including phenoxy) is 1. The molecule has 0 aliphatic rings. The smallest absolute Gasteiger partial charge is 0.429 e. The topological polar surface area (TPSA) is 9.23 Å². The molecule has 0 heterocycles. The molecule has 0 aromatic heterocycles. The minimum Gasteiger partial charge on any atom is -0.429 e. The van der Waals surface area contributed by atoms with Crippen LogP contribution in [-0.4, -0.2) is 0 Å². The van der Waals surface area contributed by atoms with Crippen LogP contribution in [0.2, 0.25) is 0 Å². The molecular weight excluding hydrogens is 689 g/mol. The Balaban J connectivity index is 1.33. The second kappa shape index (κ2) is 12.4. The van der Waals surface area contributed by atoms with Crippen molar-refractivity contribution in [1.29, 1.82) is 0 Å². The maximum Gasteiger partial charge on any atom is 0.429 e. The molecule has 0 aliphatic carbocycles. The van der Waals surface area contributed by atoms with Crippen LogP contribution in [-0.2, 0) is 12.5 Å². The highest BCUT2D eigenvalue weighted by Gasteiger charge is 2.67. The Morgan fingerprint density at radius 2 is 1.08 bits per heavy atom. The van der Waals surface area contributed by atoms with E-state index in [-0.39, 0.29) is 34.4 Å². The maximum atomic E-state index is 15.2. The molecule has 5 rings (SSSR count). The Kier molecular flexibility index (Phi) is 9.07. The molecule has 260 valence electrons. The summed E-state index contributed by atoms with van der Waals surface area (Å²) in [6, 6.07) is 17.0. The van der Waals surface area contributed by atoms with Crippen LogP contribution < -0.4 is 4.74 Å². The Morgan fingerprint density at radius 1 is 0.551 bits per heavy atom. The number of benzene rings is 5. The molecule has 13 heteroatoms. The lowest BCUT2D eigenvalue weighted by atomic mass is 9.96. The van der Waals surface area contributed by atoms with Crippen LogP contribution in [0.1, 0.15) is 37.3 Å². The van der Waals surface area contributed by atoms with Gasteiger partial charge in [-0.05, 0) is 77.1 Å². The molecule has 0 fully saturated rings. The molecule has 0 N–H and O–H groups in total. The van der Waals surface area contributed by atoms with Gasteiger partial charge < -0.3 is 4.74 Å². The van der Waals surface area contributed by atoms with E-state index >= 15 is 8.78 Å². The summed E-state index contributed by atoms with van der Waals surface area (Å²) >= 11 is 0. The Hall–Kier alpha value is -4.52. The number of hydrogen-bond acceptors (Lipinski definition) is 1. The molecule has 1 nitrogen and oxygen atoms in total. The third-order valence-electron chi connectivity index (χ3n) is 7.76. The van der Waals surface area contributed by atoms with E-state index in [0.29, 0.717) is 17.7 Å². The van der Waals surface area contributed by atoms with E-state index in [4.69, 9.17) is 0 Å². The number of alkyl halides is 2. The van der Waals surface area contributed by atoms with Crippen molar-refractivity contribution in [3.63, 3.8) is 0 Å². The van der Waals surface area contributed by atoms with Crippen molar-refractivity contribution in [3.8, 4) is 39.1 Å². The molecule has 0 saturated carbocycles. The molecule has 0 unspecified atom stereocenters. The average Bonchev–Trinajstić information content (AvgIpc) is 3.00. The largest absolute Gasteiger partial charge is 0.429 e. The van der Waals surface area contributed by atoms with E-state index in [1.54, 1.807) is 6.07 Å². The zero-order valence-corrected chi connectivity index (χ0v) is 26.4. The fourth-order valence-corrected chi connectivity index (χ4v) is 6.02. The highest BCUT2D eigenvalue weighted by Crippen LogP contribution is 3.02. The van der Waals surface area contributed by atoms with Crippen molar-refractivity contribution in [2.45, 2.75) is 43.6 Å². The monoisotopic (exact) mass is 716 g/mol. The van der Waals surface area contributed by atoms with Crippen LogP contribution in [0.15, 0.2) is 102 Å². The summed E-state index contributed by atoms with van der Waals surface area (Å²) in [6.07, 6.45) is -0.349. The van der Waals surface area contributed by atoms with Gasteiger partial charge in [0.1, 0.15) is 33.9 Å². The predicted octanol–water partition coefficient (Wildman–Crippen LogP) is 13.8. The summed E-state index contributed by atoms with van der Waals surface area (Å²) in [4.78, 5) is -2.93. The van der Waals surface area contributed by atoms with Crippen molar-refractivity contribution in [1.82, 2.24) is 0 Å². The first kappa shape index (κ1) is 35.8. The third kappa shape index (κ3) is 8.21. The van der Waals surface area contributed by atoms with Gasteiger partial charge in [0.2, 0.25) is 0 Å². The molecule has 0 bridgehead atoms. The van der Waals surface area contributed by atoms with Crippen LogP contribution in [0.5, 0.6) is 5.75 Å². The molecule has 0 aliphatic heterocycles. The van der Waals surface area contributed by atoms with Gasteiger partial charge in [0.15, 0.2) is 0 Å². The summed E-state index contributed by atoms with van der Waals surface area (Å²) in [5.74, 6) is -7.06. The summed E-state index contributed by atoms with van der Waals surface area (Å²) in [7, 11) is -10.5. The van der Waals surface area contributed by atoms with Gasteiger partial charge in [-0.2, -0.15) is 8.78 Å². The predicted molar refractivity (Wildman–Crippen MR) is 168 cm³/mol. The highest BCUT2D eigenvalue weighted by molar-refractivity contribution is 8.45. The van der Waals surface area contributed by atoms with Gasteiger partial charge in [-0.1, -0.05) is 93.8 Å². The number of rotatable bonds is 11. The molecule has 0 atom stereocenters. The van der Waals surface area contributed by atoms with Gasteiger partial charge >= 0.3 is 16.3 Å². The van der Waals surface area contributed by atoms with Crippen molar-refractivity contribution >= 4 is 10.2 Å². The zero-order chi connectivity index (χ0) is 35.8. The van der Waals surface area contributed by atoms with Crippen molar-refractivity contribution in [3.05, 3.63) is 131 Å². The number of aryl methyl sites for hydroxylation is 1. The normalized spacial score (nSPS) is 13.6. The van der Waals surface area contributed by atoms with Crippen LogP contribution >= 0.6 is 10.2 Å². The van der Waals surface area contributed by atoms with E-state index in [1.165, 1.54) is 29.8 Å². The second-order valence-electron chi connectivity index (χ2n) is 11.4. The minimum atomic E-state index is -10.5. The fraction of sp³-hybridized carbons (Fsp3) is 0.167. The molecule has 0 spiro atoms. The summed E-state index contributed by atoms with van der Waals surface area (Å²) in [5, 5.41) is 0. The molecule has 5 aromatic rings.